The molecule has 0 spiro atoms. The van der Waals surface area contributed by atoms with Gasteiger partial charge in [-0.1, -0.05) is 18.2 Å². The molecule has 10 heteroatoms. The van der Waals surface area contributed by atoms with Crippen molar-refractivity contribution in [1.29, 1.82) is 0 Å². The molecule has 0 saturated heterocycles. The van der Waals surface area contributed by atoms with Crippen molar-refractivity contribution in [3.63, 3.8) is 0 Å². The third-order valence-corrected chi connectivity index (χ3v) is 4.33. The molecular weight excluding hydrogens is 359 g/mol. The van der Waals surface area contributed by atoms with Gasteiger partial charge < -0.3 is 10.6 Å². The van der Waals surface area contributed by atoms with E-state index in [0.29, 0.717) is 5.69 Å². The topological polar surface area (TPSA) is 87.3 Å². The van der Waals surface area contributed by atoms with Crippen molar-refractivity contribution >= 4 is 27.4 Å². The average molecular weight is 373 g/mol. The van der Waals surface area contributed by atoms with Crippen LogP contribution >= 0.6 is 0 Å². The van der Waals surface area contributed by atoms with Gasteiger partial charge >= 0.3 is 12.2 Å². The molecule has 0 fully saturated rings. The third kappa shape index (κ3) is 6.08. The fraction of sp³-hybridized carbons (Fsp3) is 0.133. The molecule has 0 aliphatic carbocycles. The van der Waals surface area contributed by atoms with Crippen LogP contribution < -0.4 is 15.4 Å². The molecular formula is C15H14F3N3O3S. The lowest BCUT2D eigenvalue weighted by molar-refractivity contribution is -0.121. The zero-order valence-electron chi connectivity index (χ0n) is 12.7. The molecule has 6 nitrogen and oxygen atoms in total. The molecule has 2 aromatic rings. The average Bonchev–Trinajstić information content (AvgIpc) is 2.54. The van der Waals surface area contributed by atoms with Crippen LogP contribution in [0.25, 0.3) is 0 Å². The van der Waals surface area contributed by atoms with Gasteiger partial charge in [-0.15, -0.1) is 0 Å². The van der Waals surface area contributed by atoms with Gasteiger partial charge in [0.15, 0.2) is 0 Å². The molecule has 134 valence electrons. The summed E-state index contributed by atoms with van der Waals surface area (Å²) in [5, 5.41) is 5.05. The molecule has 0 bridgehead atoms. The smallest absolute Gasteiger partial charge is 0.308 e. The van der Waals surface area contributed by atoms with Crippen molar-refractivity contribution in [2.45, 2.75) is 11.1 Å². The van der Waals surface area contributed by atoms with E-state index in [-0.39, 0.29) is 10.6 Å². The molecule has 0 atom stereocenters. The number of carbonyl (C=O) groups excluding carboxylic acids is 1. The highest BCUT2D eigenvalue weighted by molar-refractivity contribution is 7.89. The molecule has 0 saturated carbocycles. The normalized spacial score (nSPS) is 11.8. The number of para-hydroxylation sites is 1. The number of rotatable bonds is 5. The number of hydrogen-bond acceptors (Lipinski definition) is 3. The zero-order chi connectivity index (χ0) is 18.5. The van der Waals surface area contributed by atoms with Crippen molar-refractivity contribution in [3.05, 3.63) is 54.6 Å². The number of hydrogen-bond donors (Lipinski definition) is 3. The summed E-state index contributed by atoms with van der Waals surface area (Å²) in [6, 6.07) is 12.8. The van der Waals surface area contributed by atoms with E-state index >= 15 is 0 Å². The van der Waals surface area contributed by atoms with Crippen LogP contribution in [0.2, 0.25) is 0 Å². The van der Waals surface area contributed by atoms with Crippen LogP contribution in [0.15, 0.2) is 59.5 Å². The molecule has 0 aliphatic heterocycles. The van der Waals surface area contributed by atoms with Crippen molar-refractivity contribution in [2.24, 2.45) is 0 Å². The van der Waals surface area contributed by atoms with E-state index in [1.807, 2.05) is 0 Å². The van der Waals surface area contributed by atoms with Gasteiger partial charge in [-0.2, -0.15) is 13.2 Å². The maximum Gasteiger partial charge on any atom is 0.402 e. The summed E-state index contributed by atoms with van der Waals surface area (Å²) in [4.78, 5) is 11.5. The highest BCUT2D eigenvalue weighted by Gasteiger charge is 2.30. The second kappa shape index (κ2) is 7.53. The van der Waals surface area contributed by atoms with Crippen molar-refractivity contribution < 1.29 is 26.4 Å². The molecule has 3 N–H and O–H groups in total. The fourth-order valence-corrected chi connectivity index (χ4v) is 2.81. The number of amides is 2. The number of sulfonamides is 1. The van der Waals surface area contributed by atoms with E-state index in [1.54, 1.807) is 30.3 Å². The van der Waals surface area contributed by atoms with E-state index in [0.717, 1.165) is 12.1 Å². The van der Waals surface area contributed by atoms with Gasteiger partial charge in [0.2, 0.25) is 10.0 Å². The fourth-order valence-electron chi connectivity index (χ4n) is 1.79. The van der Waals surface area contributed by atoms with Crippen molar-refractivity contribution in [2.75, 3.05) is 17.2 Å². The van der Waals surface area contributed by atoms with Crippen LogP contribution in [-0.2, 0) is 10.0 Å². The monoisotopic (exact) mass is 373 g/mol. The Bertz CT molecular complexity index is 823. The van der Waals surface area contributed by atoms with Crippen LogP contribution in [-0.4, -0.2) is 27.2 Å². The Morgan fingerprint density at radius 3 is 1.92 bits per heavy atom. The SMILES string of the molecule is O=C(Nc1ccccc1)Nc1ccc(S(=O)(=O)NCC(F)(F)F)cc1. The first kappa shape index (κ1) is 18.7. The van der Waals surface area contributed by atoms with Gasteiger partial charge in [0.25, 0.3) is 0 Å². The summed E-state index contributed by atoms with van der Waals surface area (Å²) in [5.41, 5.74) is 0.846. The number of carbonyl (C=O) groups is 1. The first-order chi connectivity index (χ1) is 11.7. The highest BCUT2D eigenvalue weighted by Crippen LogP contribution is 2.17. The first-order valence-corrected chi connectivity index (χ1v) is 8.43. The number of benzene rings is 2. The van der Waals surface area contributed by atoms with Crippen LogP contribution in [0.1, 0.15) is 0 Å². The minimum absolute atomic E-state index is 0.281. The highest BCUT2D eigenvalue weighted by atomic mass is 32.2. The Morgan fingerprint density at radius 2 is 1.40 bits per heavy atom. The van der Waals surface area contributed by atoms with E-state index < -0.39 is 28.8 Å². The number of halogens is 3. The first-order valence-electron chi connectivity index (χ1n) is 6.95. The Morgan fingerprint density at radius 1 is 0.880 bits per heavy atom. The summed E-state index contributed by atoms with van der Waals surface area (Å²) in [5.74, 6) is 0. The van der Waals surface area contributed by atoms with E-state index in [4.69, 9.17) is 0 Å². The summed E-state index contributed by atoms with van der Waals surface area (Å²) >= 11 is 0. The van der Waals surface area contributed by atoms with Crippen LogP contribution in [0.5, 0.6) is 0 Å². The Balaban J connectivity index is 1.98. The van der Waals surface area contributed by atoms with Crippen LogP contribution in [0.4, 0.5) is 29.3 Å². The lowest BCUT2D eigenvalue weighted by Gasteiger charge is -2.10. The van der Waals surface area contributed by atoms with Gasteiger partial charge in [-0.3, -0.25) is 0 Å². The van der Waals surface area contributed by atoms with Gasteiger partial charge in [0, 0.05) is 11.4 Å². The number of urea groups is 1. The molecule has 0 aliphatic rings. The summed E-state index contributed by atoms with van der Waals surface area (Å²) in [7, 11) is -4.29. The molecule has 25 heavy (non-hydrogen) atoms. The Hall–Kier alpha value is -2.59. The lowest BCUT2D eigenvalue weighted by atomic mass is 10.3. The molecule has 2 rings (SSSR count). The van der Waals surface area contributed by atoms with Gasteiger partial charge in [-0.25, -0.2) is 17.9 Å². The van der Waals surface area contributed by atoms with E-state index in [9.17, 15) is 26.4 Å². The molecule has 0 aromatic heterocycles. The molecule has 0 heterocycles. The minimum atomic E-state index is -4.65. The summed E-state index contributed by atoms with van der Waals surface area (Å²) < 4.78 is 61.3. The standard InChI is InChI=1S/C15H14F3N3O3S/c16-15(17,18)10-19-25(23,24)13-8-6-12(7-9-13)21-14(22)20-11-4-2-1-3-5-11/h1-9,19H,10H2,(H2,20,21,22). The van der Waals surface area contributed by atoms with Crippen molar-refractivity contribution in [3.8, 4) is 0 Å². The second-order valence-electron chi connectivity index (χ2n) is 4.91. The van der Waals surface area contributed by atoms with Crippen LogP contribution in [0, 0.1) is 0 Å². The van der Waals surface area contributed by atoms with Crippen molar-refractivity contribution in [1.82, 2.24) is 4.72 Å². The second-order valence-corrected chi connectivity index (χ2v) is 6.68. The minimum Gasteiger partial charge on any atom is -0.308 e. The van der Waals surface area contributed by atoms with Gasteiger partial charge in [0.1, 0.15) is 6.54 Å². The molecule has 0 unspecified atom stereocenters. The molecule has 2 amide bonds. The summed E-state index contributed by atoms with van der Waals surface area (Å²) in [6.07, 6.45) is -4.65. The van der Waals surface area contributed by atoms with E-state index in [2.05, 4.69) is 10.6 Å². The van der Waals surface area contributed by atoms with E-state index in [1.165, 1.54) is 16.9 Å². The van der Waals surface area contributed by atoms with Crippen LogP contribution in [0.3, 0.4) is 0 Å². The lowest BCUT2D eigenvalue weighted by Crippen LogP contribution is -2.33. The zero-order valence-corrected chi connectivity index (χ0v) is 13.5. The number of nitrogens with one attached hydrogen (secondary N) is 3. The maximum atomic E-state index is 12.1. The molecule has 2 aromatic carbocycles. The Labute approximate surface area is 142 Å². The maximum absolute atomic E-state index is 12.1. The third-order valence-electron chi connectivity index (χ3n) is 2.92. The number of anilines is 2. The largest absolute Gasteiger partial charge is 0.402 e. The Kier molecular flexibility index (Phi) is 5.65. The number of alkyl halides is 3. The predicted octanol–water partition coefficient (Wildman–Crippen LogP) is 3.17. The molecule has 0 radical (unpaired) electrons. The quantitative estimate of drug-likeness (QED) is 0.752. The summed E-state index contributed by atoms with van der Waals surface area (Å²) in [6.45, 7) is -1.66. The predicted molar refractivity (Wildman–Crippen MR) is 86.8 cm³/mol. The van der Waals surface area contributed by atoms with Gasteiger partial charge in [0.05, 0.1) is 4.90 Å². The van der Waals surface area contributed by atoms with Gasteiger partial charge in [-0.05, 0) is 36.4 Å².